The summed E-state index contributed by atoms with van der Waals surface area (Å²) in [7, 11) is 0. The number of amides is 1. The summed E-state index contributed by atoms with van der Waals surface area (Å²) in [5.41, 5.74) is 3.15. The average Bonchev–Trinajstić information content (AvgIpc) is 3.40. The minimum absolute atomic E-state index is 0.00413. The number of thiazole rings is 1. The summed E-state index contributed by atoms with van der Waals surface area (Å²) in [5, 5.41) is 6.95. The number of rotatable bonds is 5. The van der Waals surface area contributed by atoms with Gasteiger partial charge in [-0.25, -0.2) is 9.37 Å². The van der Waals surface area contributed by atoms with Gasteiger partial charge in [0.05, 0.1) is 10.7 Å². The van der Waals surface area contributed by atoms with Gasteiger partial charge < -0.3 is 9.42 Å². The highest BCUT2D eigenvalue weighted by Crippen LogP contribution is 2.28. The first-order valence-electron chi connectivity index (χ1n) is 9.95. The molecule has 1 aliphatic rings. The second-order valence-corrected chi connectivity index (χ2v) is 8.57. The van der Waals surface area contributed by atoms with Crippen molar-refractivity contribution in [2.24, 2.45) is 5.92 Å². The average molecular weight is 434 g/mol. The van der Waals surface area contributed by atoms with Crippen molar-refractivity contribution in [2.45, 2.75) is 13.3 Å². The van der Waals surface area contributed by atoms with Crippen LogP contribution in [-0.4, -0.2) is 39.0 Å². The molecule has 0 spiro atoms. The minimum atomic E-state index is -0.253. The van der Waals surface area contributed by atoms with E-state index in [4.69, 9.17) is 4.52 Å². The van der Waals surface area contributed by atoms with Crippen LogP contribution in [0.3, 0.4) is 0 Å². The molecule has 0 atom stereocenters. The van der Waals surface area contributed by atoms with E-state index in [1.165, 1.54) is 12.1 Å². The van der Waals surface area contributed by atoms with Crippen LogP contribution in [0.15, 0.2) is 58.4 Å². The van der Waals surface area contributed by atoms with E-state index in [0.29, 0.717) is 36.3 Å². The second kappa shape index (κ2) is 8.03. The van der Waals surface area contributed by atoms with Crippen molar-refractivity contribution in [3.8, 4) is 22.6 Å². The maximum Gasteiger partial charge on any atom is 0.253 e. The van der Waals surface area contributed by atoms with Crippen molar-refractivity contribution in [1.82, 2.24) is 20.0 Å². The number of carbonyl (C=O) groups is 1. The molecular weight excluding hydrogens is 415 g/mol. The molecular formula is C23H19FN4O2S. The van der Waals surface area contributed by atoms with Gasteiger partial charge in [0.15, 0.2) is 0 Å². The van der Waals surface area contributed by atoms with Gasteiger partial charge in [0.25, 0.3) is 5.91 Å². The Bertz CT molecular complexity index is 1230. The third-order valence-electron chi connectivity index (χ3n) is 5.29. The van der Waals surface area contributed by atoms with E-state index >= 15 is 0 Å². The van der Waals surface area contributed by atoms with Gasteiger partial charge in [-0.1, -0.05) is 17.3 Å². The normalized spacial score (nSPS) is 13.9. The van der Waals surface area contributed by atoms with Crippen LogP contribution in [0.1, 0.15) is 21.3 Å². The molecule has 5 rings (SSSR count). The predicted octanol–water partition coefficient (Wildman–Crippen LogP) is 4.62. The summed E-state index contributed by atoms with van der Waals surface area (Å²) in [4.78, 5) is 23.6. The first-order valence-corrected chi connectivity index (χ1v) is 10.8. The number of aromatic nitrogens is 3. The largest absolute Gasteiger partial charge is 0.339 e. The first-order chi connectivity index (χ1) is 15.0. The minimum Gasteiger partial charge on any atom is -0.339 e. The second-order valence-electron chi connectivity index (χ2n) is 7.63. The molecule has 0 aliphatic carbocycles. The molecule has 2 aromatic heterocycles. The molecule has 2 aromatic carbocycles. The Balaban J connectivity index is 1.20. The van der Waals surface area contributed by atoms with Crippen molar-refractivity contribution >= 4 is 17.2 Å². The topological polar surface area (TPSA) is 72.1 Å². The number of carbonyl (C=O) groups excluding carboxylic acids is 1. The third-order valence-corrected chi connectivity index (χ3v) is 6.17. The number of likely N-dealkylation sites (tertiary alicyclic amines) is 1. The number of halogens is 1. The molecule has 156 valence electrons. The van der Waals surface area contributed by atoms with Crippen molar-refractivity contribution in [3.63, 3.8) is 0 Å². The molecule has 0 saturated carbocycles. The van der Waals surface area contributed by atoms with Crippen molar-refractivity contribution in [3.05, 3.63) is 76.2 Å². The Morgan fingerprint density at radius 2 is 1.97 bits per heavy atom. The Hall–Kier alpha value is -3.39. The van der Waals surface area contributed by atoms with E-state index in [-0.39, 0.29) is 11.7 Å². The Morgan fingerprint density at radius 1 is 1.16 bits per heavy atom. The zero-order valence-electron chi connectivity index (χ0n) is 16.8. The highest BCUT2D eigenvalue weighted by atomic mass is 32.1. The summed E-state index contributed by atoms with van der Waals surface area (Å²) in [6.45, 7) is 3.14. The molecule has 1 fully saturated rings. The van der Waals surface area contributed by atoms with Crippen molar-refractivity contribution in [2.75, 3.05) is 13.1 Å². The zero-order chi connectivity index (χ0) is 21.4. The van der Waals surface area contributed by atoms with Gasteiger partial charge in [0.2, 0.25) is 11.7 Å². The van der Waals surface area contributed by atoms with Gasteiger partial charge in [-0.2, -0.15) is 4.98 Å². The van der Waals surface area contributed by atoms with Gasteiger partial charge in [0, 0.05) is 54.4 Å². The summed E-state index contributed by atoms with van der Waals surface area (Å²) in [6, 6.07) is 13.7. The SMILES string of the molecule is Cc1nc(-c2cccc(C(=O)N3CC(Cc4nc(-c5ccc(F)cc5)cs4)C3)c2)no1. The zero-order valence-corrected chi connectivity index (χ0v) is 17.6. The highest BCUT2D eigenvalue weighted by molar-refractivity contribution is 7.09. The number of nitrogens with zero attached hydrogens (tertiary/aromatic N) is 4. The molecule has 3 heterocycles. The highest BCUT2D eigenvalue weighted by Gasteiger charge is 2.32. The number of hydrogen-bond acceptors (Lipinski definition) is 6. The quantitative estimate of drug-likeness (QED) is 0.458. The molecule has 0 bridgehead atoms. The van der Waals surface area contributed by atoms with Crippen LogP contribution in [0.4, 0.5) is 4.39 Å². The fraction of sp³-hybridized carbons (Fsp3) is 0.217. The molecule has 0 unspecified atom stereocenters. The van der Waals surface area contributed by atoms with Crippen LogP contribution in [0.25, 0.3) is 22.6 Å². The Morgan fingerprint density at radius 3 is 2.71 bits per heavy atom. The van der Waals surface area contributed by atoms with Gasteiger partial charge >= 0.3 is 0 Å². The van der Waals surface area contributed by atoms with Gasteiger partial charge in [-0.05, 0) is 36.4 Å². The van der Waals surface area contributed by atoms with E-state index in [9.17, 15) is 9.18 Å². The number of hydrogen-bond donors (Lipinski definition) is 0. The van der Waals surface area contributed by atoms with Crippen LogP contribution in [0.2, 0.25) is 0 Å². The monoisotopic (exact) mass is 434 g/mol. The van der Waals surface area contributed by atoms with Gasteiger partial charge in [-0.15, -0.1) is 11.3 Å². The lowest BCUT2D eigenvalue weighted by Crippen LogP contribution is -2.50. The van der Waals surface area contributed by atoms with Gasteiger partial charge in [-0.3, -0.25) is 4.79 Å². The maximum absolute atomic E-state index is 13.1. The molecule has 0 N–H and O–H groups in total. The standard InChI is InChI=1S/C23H19FN4O2S/c1-14-25-22(27-30-14)17-3-2-4-18(10-17)23(29)28-11-15(12-28)9-21-26-20(13-31-21)16-5-7-19(24)8-6-16/h2-8,10,13,15H,9,11-12H2,1H3. The predicted molar refractivity (Wildman–Crippen MR) is 115 cm³/mol. The smallest absolute Gasteiger partial charge is 0.253 e. The fourth-order valence-electron chi connectivity index (χ4n) is 3.66. The molecule has 1 saturated heterocycles. The van der Waals surface area contributed by atoms with Gasteiger partial charge in [0.1, 0.15) is 5.82 Å². The summed E-state index contributed by atoms with van der Waals surface area (Å²) in [5.74, 6) is 1.11. The summed E-state index contributed by atoms with van der Waals surface area (Å²) < 4.78 is 18.1. The third kappa shape index (κ3) is 4.11. The van der Waals surface area contributed by atoms with Crippen LogP contribution in [0, 0.1) is 18.7 Å². The van der Waals surface area contributed by atoms with E-state index < -0.39 is 0 Å². The number of aryl methyl sites for hydroxylation is 1. The van der Waals surface area contributed by atoms with Crippen LogP contribution < -0.4 is 0 Å². The molecule has 8 heteroatoms. The molecule has 4 aromatic rings. The van der Waals surface area contributed by atoms with Crippen molar-refractivity contribution < 1.29 is 13.7 Å². The molecule has 6 nitrogen and oxygen atoms in total. The first kappa shape index (κ1) is 19.6. The van der Waals surface area contributed by atoms with Crippen molar-refractivity contribution in [1.29, 1.82) is 0 Å². The van der Waals surface area contributed by atoms with E-state index in [0.717, 1.165) is 28.2 Å². The Labute approximate surface area is 182 Å². The fourth-order valence-corrected chi connectivity index (χ4v) is 4.58. The maximum atomic E-state index is 13.1. The molecule has 31 heavy (non-hydrogen) atoms. The molecule has 1 aliphatic heterocycles. The van der Waals surface area contributed by atoms with Crippen LogP contribution in [-0.2, 0) is 6.42 Å². The summed E-state index contributed by atoms with van der Waals surface area (Å²) in [6.07, 6.45) is 0.831. The lowest BCUT2D eigenvalue weighted by atomic mass is 9.95. The summed E-state index contributed by atoms with van der Waals surface area (Å²) >= 11 is 1.60. The number of benzene rings is 2. The van der Waals surface area contributed by atoms with Crippen LogP contribution in [0.5, 0.6) is 0 Å². The van der Waals surface area contributed by atoms with Crippen LogP contribution >= 0.6 is 11.3 Å². The lowest BCUT2D eigenvalue weighted by Gasteiger charge is -2.39. The molecule has 1 amide bonds. The van der Waals surface area contributed by atoms with E-state index in [1.807, 2.05) is 28.5 Å². The Kier molecular flexibility index (Phi) is 5.07. The molecule has 0 radical (unpaired) electrons. The van der Waals surface area contributed by atoms with E-state index in [1.54, 1.807) is 36.5 Å². The van der Waals surface area contributed by atoms with E-state index in [2.05, 4.69) is 15.1 Å². The lowest BCUT2D eigenvalue weighted by molar-refractivity contribution is 0.0501.